The summed E-state index contributed by atoms with van der Waals surface area (Å²) in [5.41, 5.74) is 8.16. The first kappa shape index (κ1) is 30.4. The third-order valence-electron chi connectivity index (χ3n) is 8.56. The minimum Gasteiger partial charge on any atom is -0.394 e. The Labute approximate surface area is 261 Å². The summed E-state index contributed by atoms with van der Waals surface area (Å²) >= 11 is 0. The summed E-state index contributed by atoms with van der Waals surface area (Å²) in [6, 6.07) is 25.4. The second-order valence-corrected chi connectivity index (χ2v) is 14.5. The molecule has 0 saturated carbocycles. The molecular weight excluding hydrogens is 563 g/mol. The third-order valence-corrected chi connectivity index (χ3v) is 9.39. The lowest BCUT2D eigenvalue weighted by Gasteiger charge is -2.22. The Bertz CT molecular complexity index is 1920. The van der Waals surface area contributed by atoms with E-state index in [9.17, 15) is 9.46 Å². The number of benzene rings is 5. The van der Waals surface area contributed by atoms with Gasteiger partial charge in [0, 0.05) is 16.7 Å². The molecule has 0 spiro atoms. The molecule has 0 bridgehead atoms. The van der Waals surface area contributed by atoms with Gasteiger partial charge in [-0.05, 0) is 106 Å². The SMILES string of the molecule is CCCCc1cc2ccccc2c2c1OP(=O)(O)Oc1c(-c3c(C)cc(CC(C)C)cc3CC(C)C)cc3ccccc3c1-2. The molecule has 228 valence electrons. The number of phosphoric ester groups is 1. The number of phosphoric acid groups is 1. The van der Waals surface area contributed by atoms with Crippen molar-refractivity contribution in [1.29, 1.82) is 0 Å². The highest BCUT2D eigenvalue weighted by Gasteiger charge is 2.37. The van der Waals surface area contributed by atoms with Gasteiger partial charge in [0.2, 0.25) is 0 Å². The maximum absolute atomic E-state index is 13.9. The van der Waals surface area contributed by atoms with E-state index in [0.29, 0.717) is 23.3 Å². The van der Waals surface area contributed by atoms with Gasteiger partial charge in [-0.1, -0.05) is 102 Å². The molecule has 44 heavy (non-hydrogen) atoms. The Hall–Kier alpha value is -3.59. The van der Waals surface area contributed by atoms with Crippen molar-refractivity contribution < 1.29 is 18.5 Å². The van der Waals surface area contributed by atoms with Gasteiger partial charge in [0.05, 0.1) is 0 Å². The molecule has 1 aliphatic rings. The van der Waals surface area contributed by atoms with Crippen LogP contribution in [0.5, 0.6) is 11.5 Å². The average molecular weight is 607 g/mol. The molecule has 0 amide bonds. The van der Waals surface area contributed by atoms with Gasteiger partial charge >= 0.3 is 7.82 Å². The van der Waals surface area contributed by atoms with Crippen molar-refractivity contribution in [2.45, 2.75) is 73.6 Å². The van der Waals surface area contributed by atoms with Crippen LogP contribution < -0.4 is 9.05 Å². The van der Waals surface area contributed by atoms with E-state index < -0.39 is 7.82 Å². The van der Waals surface area contributed by atoms with Crippen molar-refractivity contribution in [3.63, 3.8) is 0 Å². The molecule has 6 rings (SSSR count). The largest absolute Gasteiger partial charge is 0.584 e. The molecule has 5 aromatic rings. The van der Waals surface area contributed by atoms with Crippen LogP contribution in [-0.2, 0) is 23.8 Å². The van der Waals surface area contributed by atoms with E-state index in [1.165, 1.54) is 11.1 Å². The van der Waals surface area contributed by atoms with Crippen molar-refractivity contribution in [1.82, 2.24) is 0 Å². The number of unbranched alkanes of at least 4 members (excludes halogenated alkanes) is 1. The summed E-state index contributed by atoms with van der Waals surface area (Å²) < 4.78 is 26.2. The van der Waals surface area contributed by atoms with E-state index in [1.807, 2.05) is 24.3 Å². The maximum atomic E-state index is 13.9. The van der Waals surface area contributed by atoms with Crippen LogP contribution in [0.1, 0.15) is 69.7 Å². The van der Waals surface area contributed by atoms with Gasteiger partial charge in [-0.15, -0.1) is 0 Å². The highest BCUT2D eigenvalue weighted by molar-refractivity contribution is 7.48. The smallest absolute Gasteiger partial charge is 0.394 e. The topological polar surface area (TPSA) is 55.8 Å². The highest BCUT2D eigenvalue weighted by Crippen LogP contribution is 2.60. The van der Waals surface area contributed by atoms with Crippen LogP contribution in [-0.4, -0.2) is 4.89 Å². The molecule has 0 radical (unpaired) electrons. The molecular formula is C39H43O4P. The van der Waals surface area contributed by atoms with E-state index >= 15 is 0 Å². The molecule has 0 aromatic heterocycles. The Morgan fingerprint density at radius 2 is 1.32 bits per heavy atom. The predicted molar refractivity (Wildman–Crippen MR) is 184 cm³/mol. The average Bonchev–Trinajstić information content (AvgIpc) is 3.08. The summed E-state index contributed by atoms with van der Waals surface area (Å²) in [4.78, 5) is 11.4. The summed E-state index contributed by atoms with van der Waals surface area (Å²) in [6.45, 7) is 13.3. The van der Waals surface area contributed by atoms with Crippen LogP contribution in [0.25, 0.3) is 43.8 Å². The minimum absolute atomic E-state index is 0.413. The van der Waals surface area contributed by atoms with Crippen LogP contribution >= 0.6 is 7.82 Å². The lowest BCUT2D eigenvalue weighted by Crippen LogP contribution is -2.05. The van der Waals surface area contributed by atoms with Gasteiger partial charge in [0.1, 0.15) is 11.5 Å². The van der Waals surface area contributed by atoms with Crippen LogP contribution in [0.3, 0.4) is 0 Å². The number of hydrogen-bond donors (Lipinski definition) is 1. The van der Waals surface area contributed by atoms with Crippen molar-refractivity contribution >= 4 is 29.4 Å². The summed E-state index contributed by atoms with van der Waals surface area (Å²) in [5, 5.41) is 4.07. The number of hydrogen-bond acceptors (Lipinski definition) is 3. The molecule has 1 heterocycles. The van der Waals surface area contributed by atoms with Gasteiger partial charge in [0.15, 0.2) is 0 Å². The zero-order chi connectivity index (χ0) is 31.2. The van der Waals surface area contributed by atoms with Gasteiger partial charge in [-0.3, -0.25) is 4.89 Å². The summed E-state index contributed by atoms with van der Waals surface area (Å²) in [5.74, 6) is 1.84. The Balaban J connectivity index is 1.78. The van der Waals surface area contributed by atoms with Crippen molar-refractivity contribution in [2.24, 2.45) is 11.8 Å². The second kappa shape index (κ2) is 12.1. The Morgan fingerprint density at radius 1 is 0.727 bits per heavy atom. The van der Waals surface area contributed by atoms with E-state index in [2.05, 4.69) is 90.1 Å². The van der Waals surface area contributed by atoms with E-state index in [4.69, 9.17) is 9.05 Å². The number of aryl methyl sites for hydroxylation is 2. The normalized spacial score (nSPS) is 16.1. The first-order valence-corrected chi connectivity index (χ1v) is 17.5. The monoisotopic (exact) mass is 606 g/mol. The van der Waals surface area contributed by atoms with E-state index in [0.717, 1.165) is 87.0 Å². The molecule has 4 nitrogen and oxygen atoms in total. The fourth-order valence-electron chi connectivity index (χ4n) is 6.92. The fraction of sp³-hybridized carbons (Fsp3) is 0.333. The van der Waals surface area contributed by atoms with Crippen LogP contribution in [0.2, 0.25) is 0 Å². The number of fused-ring (bicyclic) bond motifs is 7. The van der Waals surface area contributed by atoms with E-state index in [-0.39, 0.29) is 0 Å². The standard InChI is InChI=1S/C39H43O4P/c1-7-8-13-30-22-28-14-9-11-16-32(28)36-37-33-17-12-10-15-29(33)23-34(39(37)43-44(40,41)42-38(30)36)35-26(6)20-27(18-24(2)3)21-31(35)19-25(4)5/h9-12,14-17,20-25H,7-8,13,18-19H2,1-6H3,(H,40,41). The summed E-state index contributed by atoms with van der Waals surface area (Å²) in [6.07, 6.45) is 4.57. The molecule has 0 aliphatic carbocycles. The molecule has 1 N–H and O–H groups in total. The molecule has 1 aliphatic heterocycles. The van der Waals surface area contributed by atoms with Gasteiger partial charge in [-0.2, -0.15) is 0 Å². The third kappa shape index (κ3) is 5.78. The Kier molecular flexibility index (Phi) is 8.35. The lowest BCUT2D eigenvalue weighted by atomic mass is 9.83. The van der Waals surface area contributed by atoms with E-state index in [1.54, 1.807) is 0 Å². The Morgan fingerprint density at radius 3 is 1.95 bits per heavy atom. The quantitative estimate of drug-likeness (QED) is 0.179. The lowest BCUT2D eigenvalue weighted by molar-refractivity contribution is 0.294. The second-order valence-electron chi connectivity index (χ2n) is 13.2. The van der Waals surface area contributed by atoms with Crippen molar-refractivity contribution in [3.05, 3.63) is 95.1 Å². The molecule has 1 unspecified atom stereocenters. The molecule has 0 saturated heterocycles. The first-order valence-electron chi connectivity index (χ1n) is 16.0. The molecule has 0 fully saturated rings. The fourth-order valence-corrected chi connectivity index (χ4v) is 7.81. The highest BCUT2D eigenvalue weighted by atomic mass is 31.2. The van der Waals surface area contributed by atoms with Crippen LogP contribution in [0.15, 0.2) is 72.8 Å². The van der Waals surface area contributed by atoms with Gasteiger partial charge < -0.3 is 9.05 Å². The van der Waals surface area contributed by atoms with Gasteiger partial charge in [-0.25, -0.2) is 4.57 Å². The first-order chi connectivity index (χ1) is 21.1. The van der Waals surface area contributed by atoms with Crippen molar-refractivity contribution in [2.75, 3.05) is 0 Å². The zero-order valence-corrected chi connectivity index (χ0v) is 27.6. The van der Waals surface area contributed by atoms with Crippen LogP contribution in [0.4, 0.5) is 0 Å². The van der Waals surface area contributed by atoms with Crippen molar-refractivity contribution in [3.8, 4) is 33.8 Å². The zero-order valence-electron chi connectivity index (χ0n) is 26.7. The maximum Gasteiger partial charge on any atom is 0.584 e. The molecule has 5 heteroatoms. The minimum atomic E-state index is -4.54. The van der Waals surface area contributed by atoms with Gasteiger partial charge in [0.25, 0.3) is 0 Å². The van der Waals surface area contributed by atoms with Crippen LogP contribution in [0, 0.1) is 18.8 Å². The summed E-state index contributed by atoms with van der Waals surface area (Å²) in [7, 11) is -4.54. The molecule has 5 aromatic carbocycles. The number of rotatable bonds is 8. The molecule has 1 atom stereocenters. The predicted octanol–water partition coefficient (Wildman–Crippen LogP) is 11.2.